The first-order valence-electron chi connectivity index (χ1n) is 5.09. The van der Waals surface area contributed by atoms with E-state index < -0.39 is 0 Å². The van der Waals surface area contributed by atoms with Crippen LogP contribution in [-0.4, -0.2) is 0 Å². The zero-order valence-electron chi connectivity index (χ0n) is 8.73. The highest BCUT2D eigenvalue weighted by Crippen LogP contribution is 2.40. The molecule has 1 aliphatic carbocycles. The highest BCUT2D eigenvalue weighted by Gasteiger charge is 2.36. The van der Waals surface area contributed by atoms with Crippen LogP contribution in [0.5, 0.6) is 0 Å². The van der Waals surface area contributed by atoms with Gasteiger partial charge in [-0.1, -0.05) is 6.07 Å². The van der Waals surface area contributed by atoms with Crippen LogP contribution in [-0.2, 0) is 5.54 Å². The average molecular weight is 193 g/mol. The molecule has 1 saturated carbocycles. The second-order valence-corrected chi connectivity index (χ2v) is 4.43. The fraction of sp³-hybridized carbons (Fsp3) is 0.500. The Hall–Kier alpha value is -0.890. The third-order valence-electron chi connectivity index (χ3n) is 3.37. The van der Waals surface area contributed by atoms with Gasteiger partial charge in [0, 0.05) is 11.1 Å². The largest absolute Gasteiger partial charge is 0.321 e. The molecule has 0 bridgehead atoms. The summed E-state index contributed by atoms with van der Waals surface area (Å²) in [7, 11) is 0. The molecule has 0 saturated heterocycles. The predicted octanol–water partition coefficient (Wildman–Crippen LogP) is 2.78. The summed E-state index contributed by atoms with van der Waals surface area (Å²) >= 11 is 0. The van der Waals surface area contributed by atoms with E-state index in [4.69, 9.17) is 5.73 Å². The molecule has 0 unspecified atom stereocenters. The molecule has 76 valence electrons. The molecule has 1 nitrogen and oxygen atoms in total. The molecule has 2 N–H and O–H groups in total. The highest BCUT2D eigenvalue weighted by molar-refractivity contribution is 5.36. The van der Waals surface area contributed by atoms with Gasteiger partial charge in [-0.2, -0.15) is 0 Å². The lowest BCUT2D eigenvalue weighted by atomic mass is 9.72. The van der Waals surface area contributed by atoms with Crippen LogP contribution in [0.15, 0.2) is 12.1 Å². The Balaban J connectivity index is 2.48. The van der Waals surface area contributed by atoms with Crippen molar-refractivity contribution in [3.8, 4) is 0 Å². The van der Waals surface area contributed by atoms with Crippen molar-refractivity contribution in [2.45, 2.75) is 38.6 Å². The first-order chi connectivity index (χ1) is 6.53. The molecule has 14 heavy (non-hydrogen) atoms. The molecule has 0 amide bonds. The molecule has 0 aliphatic heterocycles. The van der Waals surface area contributed by atoms with Gasteiger partial charge in [0.2, 0.25) is 0 Å². The Morgan fingerprint density at radius 1 is 1.21 bits per heavy atom. The van der Waals surface area contributed by atoms with E-state index in [-0.39, 0.29) is 11.4 Å². The van der Waals surface area contributed by atoms with Crippen molar-refractivity contribution in [2.75, 3.05) is 0 Å². The normalized spacial score (nSPS) is 19.1. The predicted molar refractivity (Wildman–Crippen MR) is 55.6 cm³/mol. The minimum atomic E-state index is -0.386. The third-order valence-corrected chi connectivity index (χ3v) is 3.37. The average Bonchev–Trinajstić information content (AvgIpc) is 2.07. The number of rotatable bonds is 1. The first-order valence-corrected chi connectivity index (χ1v) is 5.09. The Kier molecular flexibility index (Phi) is 2.11. The fourth-order valence-corrected chi connectivity index (χ4v) is 1.99. The van der Waals surface area contributed by atoms with Crippen LogP contribution in [0.1, 0.15) is 36.0 Å². The van der Waals surface area contributed by atoms with Crippen molar-refractivity contribution in [3.63, 3.8) is 0 Å². The molecular weight excluding hydrogens is 177 g/mol. The highest BCUT2D eigenvalue weighted by atomic mass is 19.1. The smallest absolute Gasteiger partial charge is 0.128 e. The topological polar surface area (TPSA) is 26.0 Å². The van der Waals surface area contributed by atoms with Crippen molar-refractivity contribution < 1.29 is 4.39 Å². The lowest BCUT2D eigenvalue weighted by molar-refractivity contribution is 0.245. The standard InChI is InChI=1S/C12H16FN/c1-8-6-10(11(13)7-9(8)2)12(14)4-3-5-12/h6-7H,3-5,14H2,1-2H3. The van der Waals surface area contributed by atoms with Crippen LogP contribution in [0.2, 0.25) is 0 Å². The molecule has 1 aliphatic rings. The van der Waals surface area contributed by atoms with E-state index in [9.17, 15) is 4.39 Å². The van der Waals surface area contributed by atoms with E-state index in [0.29, 0.717) is 5.56 Å². The molecule has 1 aromatic rings. The van der Waals surface area contributed by atoms with Gasteiger partial charge in [0.25, 0.3) is 0 Å². The molecule has 0 atom stereocenters. The summed E-state index contributed by atoms with van der Waals surface area (Å²) in [4.78, 5) is 0. The fourth-order valence-electron chi connectivity index (χ4n) is 1.99. The van der Waals surface area contributed by atoms with Crippen molar-refractivity contribution in [1.29, 1.82) is 0 Å². The summed E-state index contributed by atoms with van der Waals surface area (Å²) in [5.74, 6) is -0.143. The van der Waals surface area contributed by atoms with E-state index in [1.54, 1.807) is 6.07 Å². The quantitative estimate of drug-likeness (QED) is 0.729. The zero-order valence-corrected chi connectivity index (χ0v) is 8.73. The number of aryl methyl sites for hydroxylation is 2. The second-order valence-electron chi connectivity index (χ2n) is 4.43. The molecule has 2 heteroatoms. The molecule has 0 heterocycles. The second kappa shape index (κ2) is 3.06. The maximum atomic E-state index is 13.7. The third kappa shape index (κ3) is 1.34. The van der Waals surface area contributed by atoms with Gasteiger partial charge < -0.3 is 5.73 Å². The molecule has 1 fully saturated rings. The van der Waals surface area contributed by atoms with Crippen LogP contribution in [0.25, 0.3) is 0 Å². The molecule has 0 aromatic heterocycles. The van der Waals surface area contributed by atoms with Gasteiger partial charge >= 0.3 is 0 Å². The van der Waals surface area contributed by atoms with E-state index in [1.807, 2.05) is 19.9 Å². The Morgan fingerprint density at radius 3 is 2.29 bits per heavy atom. The van der Waals surface area contributed by atoms with Gasteiger partial charge in [-0.15, -0.1) is 0 Å². The maximum Gasteiger partial charge on any atom is 0.128 e. The molecule has 1 aromatic carbocycles. The minimum Gasteiger partial charge on any atom is -0.321 e. The molecular formula is C12H16FN. The van der Waals surface area contributed by atoms with Crippen molar-refractivity contribution >= 4 is 0 Å². The Morgan fingerprint density at radius 2 is 1.79 bits per heavy atom. The van der Waals surface area contributed by atoms with E-state index in [0.717, 1.165) is 30.4 Å². The number of nitrogens with two attached hydrogens (primary N) is 1. The molecule has 0 radical (unpaired) electrons. The summed E-state index contributed by atoms with van der Waals surface area (Å²) in [6, 6.07) is 3.50. The van der Waals surface area contributed by atoms with Crippen LogP contribution in [0.4, 0.5) is 4.39 Å². The lowest BCUT2D eigenvalue weighted by Crippen LogP contribution is -2.44. The number of hydrogen-bond acceptors (Lipinski definition) is 1. The van der Waals surface area contributed by atoms with Crippen molar-refractivity contribution in [1.82, 2.24) is 0 Å². The van der Waals surface area contributed by atoms with Gasteiger partial charge in [0.1, 0.15) is 5.82 Å². The SMILES string of the molecule is Cc1cc(F)c(C2(N)CCC2)cc1C. The summed E-state index contributed by atoms with van der Waals surface area (Å²) in [5.41, 5.74) is 8.54. The lowest BCUT2D eigenvalue weighted by Gasteiger charge is -2.39. The number of halogens is 1. The van der Waals surface area contributed by atoms with Gasteiger partial charge in [-0.05, 0) is 50.3 Å². The van der Waals surface area contributed by atoms with E-state index in [2.05, 4.69) is 0 Å². The summed E-state index contributed by atoms with van der Waals surface area (Å²) in [6.07, 6.45) is 2.93. The first kappa shape index (κ1) is 9.66. The van der Waals surface area contributed by atoms with Gasteiger partial charge in [-0.25, -0.2) is 4.39 Å². The van der Waals surface area contributed by atoms with E-state index >= 15 is 0 Å². The van der Waals surface area contributed by atoms with Gasteiger partial charge in [0.15, 0.2) is 0 Å². The van der Waals surface area contributed by atoms with Crippen LogP contribution in [0, 0.1) is 19.7 Å². The van der Waals surface area contributed by atoms with Crippen LogP contribution >= 0.6 is 0 Å². The van der Waals surface area contributed by atoms with Crippen molar-refractivity contribution in [2.24, 2.45) is 5.73 Å². The molecule has 0 spiro atoms. The number of benzene rings is 1. The van der Waals surface area contributed by atoms with Crippen LogP contribution < -0.4 is 5.73 Å². The van der Waals surface area contributed by atoms with Gasteiger partial charge in [-0.3, -0.25) is 0 Å². The van der Waals surface area contributed by atoms with Crippen LogP contribution in [0.3, 0.4) is 0 Å². The monoisotopic (exact) mass is 193 g/mol. The Labute approximate surface area is 84.1 Å². The number of hydrogen-bond donors (Lipinski definition) is 1. The van der Waals surface area contributed by atoms with Crippen molar-refractivity contribution in [3.05, 3.63) is 34.6 Å². The maximum absolute atomic E-state index is 13.7. The zero-order chi connectivity index (χ0) is 10.3. The summed E-state index contributed by atoms with van der Waals surface area (Å²) < 4.78 is 13.7. The minimum absolute atomic E-state index is 0.143. The molecule has 2 rings (SSSR count). The summed E-state index contributed by atoms with van der Waals surface area (Å²) in [5, 5.41) is 0. The summed E-state index contributed by atoms with van der Waals surface area (Å²) in [6.45, 7) is 3.92. The van der Waals surface area contributed by atoms with Gasteiger partial charge in [0.05, 0.1) is 0 Å². The van der Waals surface area contributed by atoms with E-state index in [1.165, 1.54) is 0 Å². The Bertz CT molecular complexity index is 367.